The molecular weight excluding hydrogens is 543 g/mol. The van der Waals surface area contributed by atoms with E-state index in [2.05, 4.69) is 32.3 Å². The van der Waals surface area contributed by atoms with Gasteiger partial charge in [-0.1, -0.05) is 0 Å². The molecule has 0 aromatic carbocycles. The van der Waals surface area contributed by atoms with Crippen molar-refractivity contribution in [3.8, 4) is 18.3 Å². The number of nitrogens with two attached hydrogens (primary N) is 1. The van der Waals surface area contributed by atoms with Crippen molar-refractivity contribution in [3.63, 3.8) is 0 Å². The summed E-state index contributed by atoms with van der Waals surface area (Å²) in [6.07, 6.45) is 7.38. The molecule has 3 N–H and O–H groups in total. The second-order valence-corrected chi connectivity index (χ2v) is 13.9. The molecule has 4 saturated heterocycles. The summed E-state index contributed by atoms with van der Waals surface area (Å²) in [6.45, 7) is 6.48. The molecule has 216 valence electrons. The lowest BCUT2D eigenvalue weighted by molar-refractivity contribution is 0.107. The van der Waals surface area contributed by atoms with Crippen molar-refractivity contribution in [2.45, 2.75) is 74.5 Å². The molecule has 0 saturated carbocycles. The van der Waals surface area contributed by atoms with Crippen LogP contribution in [0.5, 0.6) is 6.01 Å². The van der Waals surface area contributed by atoms with E-state index in [0.29, 0.717) is 61.7 Å². The smallest absolute Gasteiger partial charge is 0.323 e. The molecule has 2 unspecified atom stereocenters. The highest BCUT2D eigenvalue weighted by molar-refractivity contribution is 7.16. The summed E-state index contributed by atoms with van der Waals surface area (Å²) in [5, 5.41) is 22.7. The van der Waals surface area contributed by atoms with Gasteiger partial charge in [0.15, 0.2) is 6.19 Å². The number of nitrogens with zero attached hydrogens (tertiary/aromatic N) is 8. The number of rotatable bonds is 6. The number of nitrogen functional groups attached to an aromatic ring is 1. The lowest BCUT2D eigenvalue weighted by Crippen LogP contribution is -2.59. The molecule has 6 heterocycles. The number of aryl methyl sites for hydroxylation is 1. The van der Waals surface area contributed by atoms with Gasteiger partial charge in [0.1, 0.15) is 23.8 Å². The van der Waals surface area contributed by atoms with E-state index in [1.807, 2.05) is 6.92 Å². The first-order chi connectivity index (χ1) is 19.8. The van der Waals surface area contributed by atoms with Gasteiger partial charge in [0, 0.05) is 49.4 Å². The molecule has 4 aliphatic heterocycles. The van der Waals surface area contributed by atoms with Crippen molar-refractivity contribution in [2.75, 3.05) is 61.4 Å². The monoisotopic (exact) mass is 578 g/mol. The number of ether oxygens (including phenoxy) is 1. The van der Waals surface area contributed by atoms with E-state index in [9.17, 15) is 14.9 Å². The molecule has 1 aliphatic carbocycles. The number of hydrogen-bond donors (Lipinski definition) is 2. The Hall–Kier alpha value is -3.42. The van der Waals surface area contributed by atoms with Crippen LogP contribution in [0.4, 0.5) is 21.3 Å². The molecule has 5 aliphatic rings. The zero-order valence-electron chi connectivity index (χ0n) is 23.3. The van der Waals surface area contributed by atoms with Gasteiger partial charge in [0.2, 0.25) is 11.9 Å². The lowest BCUT2D eigenvalue weighted by atomic mass is 9.74. The van der Waals surface area contributed by atoms with Gasteiger partial charge in [-0.25, -0.2) is 4.39 Å². The zero-order valence-corrected chi connectivity index (χ0v) is 24.1. The number of alkyl halides is 1. The van der Waals surface area contributed by atoms with Gasteiger partial charge in [-0.05, 0) is 57.6 Å². The van der Waals surface area contributed by atoms with E-state index < -0.39 is 6.17 Å². The zero-order chi connectivity index (χ0) is 28.4. The van der Waals surface area contributed by atoms with Crippen LogP contribution in [0, 0.1) is 22.8 Å². The van der Waals surface area contributed by atoms with E-state index in [4.69, 9.17) is 25.4 Å². The predicted molar refractivity (Wildman–Crippen MR) is 153 cm³/mol. The Kier molecular flexibility index (Phi) is 6.18. The maximum atomic E-state index is 14.4. The Balaban J connectivity index is 1.17. The Morgan fingerprint density at radius 2 is 1.88 bits per heavy atom. The SMILES string of the molecule is CC1(NC#N)CCCN(c2nc(OC[C@@]34CCCN3CC(F)C4)nc(N3CC4(CCc5sc(N)c(C#N)c54)C3)n2)C1. The van der Waals surface area contributed by atoms with Crippen LogP contribution < -0.4 is 25.6 Å². The Labute approximate surface area is 243 Å². The van der Waals surface area contributed by atoms with Crippen molar-refractivity contribution in [1.82, 2.24) is 25.2 Å². The van der Waals surface area contributed by atoms with Crippen LogP contribution in [0.3, 0.4) is 0 Å². The minimum absolute atomic E-state index is 0.119. The quantitative estimate of drug-likeness (QED) is 0.385. The highest BCUT2D eigenvalue weighted by Gasteiger charge is 2.53. The lowest BCUT2D eigenvalue weighted by Gasteiger charge is -2.48. The number of aromatic nitrogens is 3. The fraction of sp³-hybridized carbons (Fsp3) is 0.679. The van der Waals surface area contributed by atoms with Crippen LogP contribution in [-0.2, 0) is 11.8 Å². The number of nitrogens with one attached hydrogen (secondary N) is 1. The third-order valence-electron chi connectivity index (χ3n) is 9.91. The van der Waals surface area contributed by atoms with Crippen LogP contribution in [-0.4, -0.2) is 83.0 Å². The molecule has 11 nitrogen and oxygen atoms in total. The highest BCUT2D eigenvalue weighted by Crippen LogP contribution is 2.52. The van der Waals surface area contributed by atoms with Gasteiger partial charge in [-0.15, -0.1) is 11.3 Å². The molecule has 0 amide bonds. The van der Waals surface area contributed by atoms with Crippen molar-refractivity contribution in [1.29, 1.82) is 10.5 Å². The summed E-state index contributed by atoms with van der Waals surface area (Å²) >= 11 is 1.54. The van der Waals surface area contributed by atoms with E-state index in [-0.39, 0.29) is 22.5 Å². The fourth-order valence-electron chi connectivity index (χ4n) is 7.94. The van der Waals surface area contributed by atoms with E-state index >= 15 is 0 Å². The van der Waals surface area contributed by atoms with Gasteiger partial charge >= 0.3 is 6.01 Å². The maximum absolute atomic E-state index is 14.4. The average Bonchev–Trinajstić information content (AvgIpc) is 3.64. The summed E-state index contributed by atoms with van der Waals surface area (Å²) in [4.78, 5) is 22.1. The Bertz CT molecular complexity index is 1450. The summed E-state index contributed by atoms with van der Waals surface area (Å²) in [5.74, 6) is 1.07. The van der Waals surface area contributed by atoms with E-state index in [0.717, 1.165) is 57.2 Å². The minimum atomic E-state index is -0.833. The summed E-state index contributed by atoms with van der Waals surface area (Å²) in [7, 11) is 0. The molecule has 2 aromatic rings. The molecule has 1 spiro atoms. The Morgan fingerprint density at radius 1 is 1.10 bits per heavy atom. The number of anilines is 3. The predicted octanol–water partition coefficient (Wildman–Crippen LogP) is 2.48. The second kappa shape index (κ2) is 9.57. The molecule has 13 heteroatoms. The third-order valence-corrected chi connectivity index (χ3v) is 11.0. The first kappa shape index (κ1) is 26.5. The number of thiophene rings is 1. The minimum Gasteiger partial charge on any atom is -0.461 e. The summed E-state index contributed by atoms with van der Waals surface area (Å²) < 4.78 is 20.7. The van der Waals surface area contributed by atoms with Gasteiger partial charge in [0.05, 0.1) is 16.6 Å². The largest absolute Gasteiger partial charge is 0.461 e. The van der Waals surface area contributed by atoms with Crippen molar-refractivity contribution >= 4 is 28.2 Å². The Morgan fingerprint density at radius 3 is 2.66 bits per heavy atom. The van der Waals surface area contributed by atoms with Crippen molar-refractivity contribution in [2.24, 2.45) is 0 Å². The van der Waals surface area contributed by atoms with Crippen molar-refractivity contribution in [3.05, 3.63) is 16.0 Å². The molecule has 0 radical (unpaired) electrons. The molecule has 4 fully saturated rings. The molecule has 7 rings (SSSR count). The van der Waals surface area contributed by atoms with Crippen LogP contribution >= 0.6 is 11.3 Å². The highest BCUT2D eigenvalue weighted by atomic mass is 32.1. The topological polar surface area (TPSA) is 143 Å². The number of hydrogen-bond acceptors (Lipinski definition) is 12. The molecular formula is C28H35FN10OS. The van der Waals surface area contributed by atoms with Crippen LogP contribution in [0.25, 0.3) is 0 Å². The normalized spacial score (nSPS) is 30.0. The number of piperidine rings is 1. The van der Waals surface area contributed by atoms with E-state index in [1.165, 1.54) is 16.2 Å². The standard InChI is InChI=1S/C28H35FN10OS/c1-26(33-17-31)5-2-8-37(13-26)23-34-24(36-25(35-23)40-16-28-6-3-9-39(28)12-18(29)10-28)38-14-27(15-38)7-4-20-21(27)19(11-30)22(32)41-20/h18,33H,2-10,12-16,32H2,1H3/t18?,26?,28-/m0/s1. The van der Waals surface area contributed by atoms with Crippen LogP contribution in [0.2, 0.25) is 0 Å². The van der Waals surface area contributed by atoms with Crippen LogP contribution in [0.1, 0.15) is 61.5 Å². The second-order valence-electron chi connectivity index (χ2n) is 12.8. The van der Waals surface area contributed by atoms with Crippen molar-refractivity contribution < 1.29 is 9.13 Å². The summed E-state index contributed by atoms with van der Waals surface area (Å²) in [6, 6.07) is 2.59. The van der Waals surface area contributed by atoms with Gasteiger partial charge in [-0.2, -0.15) is 25.5 Å². The number of nitriles is 2. The molecule has 0 bridgehead atoms. The molecule has 41 heavy (non-hydrogen) atoms. The molecule has 2 aromatic heterocycles. The van der Waals surface area contributed by atoms with Gasteiger partial charge in [0.25, 0.3) is 0 Å². The molecule has 3 atom stereocenters. The van der Waals surface area contributed by atoms with Gasteiger partial charge in [-0.3, -0.25) is 4.90 Å². The number of halogens is 1. The first-order valence-corrected chi connectivity index (χ1v) is 15.3. The fourth-order valence-corrected chi connectivity index (χ4v) is 9.08. The van der Waals surface area contributed by atoms with Crippen LogP contribution in [0.15, 0.2) is 0 Å². The number of fused-ring (bicyclic) bond motifs is 3. The van der Waals surface area contributed by atoms with Gasteiger partial charge < -0.3 is 25.6 Å². The summed E-state index contributed by atoms with van der Waals surface area (Å²) in [5.41, 5.74) is 7.12. The maximum Gasteiger partial charge on any atom is 0.323 e. The average molecular weight is 579 g/mol. The van der Waals surface area contributed by atoms with E-state index in [1.54, 1.807) is 0 Å². The first-order valence-electron chi connectivity index (χ1n) is 14.5. The third kappa shape index (κ3) is 4.32.